The van der Waals surface area contributed by atoms with Crippen LogP contribution in [0, 0.1) is 0 Å². The van der Waals surface area contributed by atoms with E-state index in [0.717, 1.165) is 11.3 Å². The average Bonchev–Trinajstić information content (AvgIpc) is 2.76. The number of nitrogen functional groups attached to an aromatic ring is 1. The maximum absolute atomic E-state index is 11.8. The first-order chi connectivity index (χ1) is 8.95. The molecule has 0 unspecified atom stereocenters. The van der Waals surface area contributed by atoms with Crippen LogP contribution in [0.1, 0.15) is 13.8 Å². The van der Waals surface area contributed by atoms with E-state index in [4.69, 9.17) is 10.5 Å². The molecule has 0 saturated heterocycles. The van der Waals surface area contributed by atoms with Gasteiger partial charge in [0, 0.05) is 10.9 Å². The van der Waals surface area contributed by atoms with Crippen LogP contribution in [0.2, 0.25) is 0 Å². The summed E-state index contributed by atoms with van der Waals surface area (Å²) in [6.07, 6.45) is 0. The van der Waals surface area contributed by atoms with Gasteiger partial charge in [0.2, 0.25) is 0 Å². The standard InChI is InChI=1S/C13H13N3O2S/c1-13(2)11(17)15-8-4-3-7(5-10(8)18-13)9-6-19-12(14)16-9/h3-6H,1-2H3,(H2,14,16)(H,15,17). The SMILES string of the molecule is CC1(C)Oc2cc(-c3csc(N)n3)ccc2NC1=O. The third-order valence-corrected chi connectivity index (χ3v) is 3.63. The zero-order valence-corrected chi connectivity index (χ0v) is 11.4. The Kier molecular flexibility index (Phi) is 2.50. The fourth-order valence-corrected chi connectivity index (χ4v) is 2.46. The highest BCUT2D eigenvalue weighted by molar-refractivity contribution is 7.13. The Morgan fingerprint density at radius 1 is 1.42 bits per heavy atom. The second-order valence-electron chi connectivity index (χ2n) is 4.85. The second kappa shape index (κ2) is 3.96. The van der Waals surface area contributed by atoms with Crippen molar-refractivity contribution in [2.45, 2.75) is 19.4 Å². The Hall–Kier alpha value is -2.08. The molecule has 6 heteroatoms. The Morgan fingerprint density at radius 3 is 2.89 bits per heavy atom. The third-order valence-electron chi connectivity index (χ3n) is 2.96. The number of ether oxygens (including phenoxy) is 1. The van der Waals surface area contributed by atoms with Gasteiger partial charge in [0.15, 0.2) is 10.7 Å². The predicted molar refractivity (Wildman–Crippen MR) is 75.3 cm³/mol. The maximum Gasteiger partial charge on any atom is 0.268 e. The van der Waals surface area contributed by atoms with E-state index in [2.05, 4.69) is 10.3 Å². The van der Waals surface area contributed by atoms with Crippen LogP contribution >= 0.6 is 11.3 Å². The number of rotatable bonds is 1. The van der Waals surface area contributed by atoms with Crippen molar-refractivity contribution in [3.05, 3.63) is 23.6 Å². The van der Waals surface area contributed by atoms with E-state index in [1.165, 1.54) is 11.3 Å². The number of hydrogen-bond donors (Lipinski definition) is 2. The lowest BCUT2D eigenvalue weighted by molar-refractivity contribution is -0.129. The molecule has 0 radical (unpaired) electrons. The van der Waals surface area contributed by atoms with Gasteiger partial charge >= 0.3 is 0 Å². The Bertz CT molecular complexity index is 664. The van der Waals surface area contributed by atoms with Crippen LogP contribution in [0.25, 0.3) is 11.3 Å². The summed E-state index contributed by atoms with van der Waals surface area (Å²) in [7, 11) is 0. The summed E-state index contributed by atoms with van der Waals surface area (Å²) in [5, 5.41) is 5.25. The minimum absolute atomic E-state index is 0.148. The van der Waals surface area contributed by atoms with Crippen molar-refractivity contribution in [3.63, 3.8) is 0 Å². The van der Waals surface area contributed by atoms with Gasteiger partial charge < -0.3 is 15.8 Å². The molecule has 0 saturated carbocycles. The number of fused-ring (bicyclic) bond motifs is 1. The zero-order chi connectivity index (χ0) is 13.6. The first-order valence-electron chi connectivity index (χ1n) is 5.81. The second-order valence-corrected chi connectivity index (χ2v) is 5.74. The Labute approximate surface area is 114 Å². The summed E-state index contributed by atoms with van der Waals surface area (Å²) >= 11 is 1.39. The predicted octanol–water partition coefficient (Wildman–Crippen LogP) is 2.50. The molecule has 2 heterocycles. The number of benzene rings is 1. The molecule has 3 rings (SSSR count). The van der Waals surface area contributed by atoms with Gasteiger partial charge in [-0.1, -0.05) is 6.07 Å². The number of nitrogens with one attached hydrogen (secondary N) is 1. The van der Waals surface area contributed by atoms with Gasteiger partial charge in [0.25, 0.3) is 5.91 Å². The summed E-state index contributed by atoms with van der Waals surface area (Å²) in [6.45, 7) is 3.47. The van der Waals surface area contributed by atoms with Crippen molar-refractivity contribution in [2.75, 3.05) is 11.1 Å². The summed E-state index contributed by atoms with van der Waals surface area (Å²) in [5.41, 5.74) is 7.17. The van der Waals surface area contributed by atoms with E-state index < -0.39 is 5.60 Å². The van der Waals surface area contributed by atoms with Crippen LogP contribution in [0.5, 0.6) is 5.75 Å². The highest BCUT2D eigenvalue weighted by Crippen LogP contribution is 2.37. The van der Waals surface area contributed by atoms with E-state index in [9.17, 15) is 4.79 Å². The highest BCUT2D eigenvalue weighted by Gasteiger charge is 2.35. The molecule has 0 fully saturated rings. The van der Waals surface area contributed by atoms with Gasteiger partial charge in [0.1, 0.15) is 5.75 Å². The smallest absolute Gasteiger partial charge is 0.268 e. The molecular formula is C13H13N3O2S. The topological polar surface area (TPSA) is 77.2 Å². The summed E-state index contributed by atoms with van der Waals surface area (Å²) < 4.78 is 5.73. The molecule has 5 nitrogen and oxygen atoms in total. The minimum atomic E-state index is -0.868. The van der Waals surface area contributed by atoms with Crippen molar-refractivity contribution < 1.29 is 9.53 Å². The van der Waals surface area contributed by atoms with Crippen LogP contribution in [0.4, 0.5) is 10.8 Å². The monoisotopic (exact) mass is 275 g/mol. The van der Waals surface area contributed by atoms with Crippen molar-refractivity contribution in [1.82, 2.24) is 4.98 Å². The molecule has 0 spiro atoms. The van der Waals surface area contributed by atoms with E-state index >= 15 is 0 Å². The van der Waals surface area contributed by atoms with Crippen molar-refractivity contribution in [2.24, 2.45) is 0 Å². The quantitative estimate of drug-likeness (QED) is 0.838. The number of thiazole rings is 1. The lowest BCUT2D eigenvalue weighted by atomic mass is 10.0. The number of carbonyl (C=O) groups is 1. The number of nitrogens with two attached hydrogens (primary N) is 1. The molecule has 19 heavy (non-hydrogen) atoms. The van der Waals surface area contributed by atoms with E-state index in [0.29, 0.717) is 16.6 Å². The van der Waals surface area contributed by atoms with Gasteiger partial charge in [0.05, 0.1) is 11.4 Å². The molecule has 1 aromatic carbocycles. The molecule has 0 bridgehead atoms. The van der Waals surface area contributed by atoms with Crippen molar-refractivity contribution in [3.8, 4) is 17.0 Å². The molecular weight excluding hydrogens is 262 g/mol. The fraction of sp³-hybridized carbons (Fsp3) is 0.231. The van der Waals surface area contributed by atoms with Crippen LogP contribution in [-0.4, -0.2) is 16.5 Å². The van der Waals surface area contributed by atoms with Gasteiger partial charge in [-0.2, -0.15) is 0 Å². The minimum Gasteiger partial charge on any atom is -0.476 e. The molecule has 3 N–H and O–H groups in total. The van der Waals surface area contributed by atoms with Crippen molar-refractivity contribution in [1.29, 1.82) is 0 Å². The number of amides is 1. The number of nitrogens with zero attached hydrogens (tertiary/aromatic N) is 1. The molecule has 0 atom stereocenters. The summed E-state index contributed by atoms with van der Waals surface area (Å²) in [6, 6.07) is 5.56. The largest absolute Gasteiger partial charge is 0.476 e. The Morgan fingerprint density at radius 2 is 2.21 bits per heavy atom. The third kappa shape index (κ3) is 2.04. The lowest BCUT2D eigenvalue weighted by Crippen LogP contribution is -2.45. The maximum atomic E-state index is 11.8. The molecule has 1 aromatic heterocycles. The van der Waals surface area contributed by atoms with Crippen LogP contribution in [0.15, 0.2) is 23.6 Å². The van der Waals surface area contributed by atoms with E-state index in [1.54, 1.807) is 13.8 Å². The highest BCUT2D eigenvalue weighted by atomic mass is 32.1. The Balaban J connectivity index is 2.03. The van der Waals surface area contributed by atoms with Gasteiger partial charge in [-0.3, -0.25) is 4.79 Å². The van der Waals surface area contributed by atoms with E-state index in [-0.39, 0.29) is 5.91 Å². The molecule has 1 amide bonds. The van der Waals surface area contributed by atoms with Gasteiger partial charge in [-0.15, -0.1) is 11.3 Å². The van der Waals surface area contributed by atoms with Gasteiger partial charge in [-0.25, -0.2) is 4.98 Å². The molecule has 2 aromatic rings. The zero-order valence-electron chi connectivity index (χ0n) is 10.6. The molecule has 1 aliphatic rings. The average molecular weight is 275 g/mol. The number of anilines is 2. The summed E-state index contributed by atoms with van der Waals surface area (Å²) in [4.78, 5) is 16.0. The number of aromatic nitrogens is 1. The first kappa shape index (κ1) is 12.0. The fourth-order valence-electron chi connectivity index (χ4n) is 1.88. The van der Waals surface area contributed by atoms with Crippen LogP contribution < -0.4 is 15.8 Å². The van der Waals surface area contributed by atoms with Crippen LogP contribution in [-0.2, 0) is 4.79 Å². The molecule has 0 aliphatic carbocycles. The number of carbonyl (C=O) groups excluding carboxylic acids is 1. The first-order valence-corrected chi connectivity index (χ1v) is 6.69. The number of hydrogen-bond acceptors (Lipinski definition) is 5. The normalized spacial score (nSPS) is 16.4. The molecule has 98 valence electrons. The van der Waals surface area contributed by atoms with Gasteiger partial charge in [-0.05, 0) is 26.0 Å². The summed E-state index contributed by atoms with van der Waals surface area (Å²) in [5.74, 6) is 0.499. The lowest BCUT2D eigenvalue weighted by Gasteiger charge is -2.31. The van der Waals surface area contributed by atoms with Crippen molar-refractivity contribution >= 4 is 28.1 Å². The molecule has 1 aliphatic heterocycles. The van der Waals surface area contributed by atoms with Crippen LogP contribution in [0.3, 0.4) is 0 Å². The van der Waals surface area contributed by atoms with E-state index in [1.807, 2.05) is 23.6 Å².